The lowest BCUT2D eigenvalue weighted by atomic mass is 9.87. The third kappa shape index (κ3) is 3.88. The van der Waals surface area contributed by atoms with Crippen molar-refractivity contribution in [2.45, 2.75) is 44.8 Å². The number of halogens is 3. The van der Waals surface area contributed by atoms with Gasteiger partial charge in [0.15, 0.2) is 6.61 Å². The fourth-order valence-corrected chi connectivity index (χ4v) is 2.64. The lowest BCUT2D eigenvalue weighted by Gasteiger charge is -2.28. The number of hydrogen-bond acceptors (Lipinski definition) is 2. The molecule has 0 spiro atoms. The van der Waals surface area contributed by atoms with E-state index in [1.807, 2.05) is 6.07 Å². The van der Waals surface area contributed by atoms with Crippen molar-refractivity contribution >= 4 is 0 Å². The van der Waals surface area contributed by atoms with Crippen LogP contribution >= 0.6 is 0 Å². The maximum absolute atomic E-state index is 12.3. The summed E-state index contributed by atoms with van der Waals surface area (Å²) in [6.45, 7) is 1.79. The summed E-state index contributed by atoms with van der Waals surface area (Å²) < 4.78 is 41.8. The highest BCUT2D eigenvalue weighted by atomic mass is 19.4. The molecule has 1 aliphatic rings. The highest BCUT2D eigenvalue weighted by Crippen LogP contribution is 2.35. The number of benzene rings is 1. The van der Waals surface area contributed by atoms with Gasteiger partial charge in [-0.25, -0.2) is 0 Å². The zero-order valence-electron chi connectivity index (χ0n) is 11.6. The number of fused-ring (bicyclic) bond motifs is 1. The molecule has 1 unspecified atom stereocenters. The van der Waals surface area contributed by atoms with Crippen molar-refractivity contribution in [1.29, 1.82) is 0 Å². The monoisotopic (exact) mass is 287 g/mol. The summed E-state index contributed by atoms with van der Waals surface area (Å²) in [4.78, 5) is 0. The van der Waals surface area contributed by atoms with Gasteiger partial charge in [0.25, 0.3) is 0 Å². The predicted octanol–water partition coefficient (Wildman–Crippen LogP) is 4.00. The molecule has 20 heavy (non-hydrogen) atoms. The van der Waals surface area contributed by atoms with Crippen molar-refractivity contribution in [3.05, 3.63) is 29.3 Å². The molecule has 2 rings (SSSR count). The van der Waals surface area contributed by atoms with Gasteiger partial charge < -0.3 is 10.1 Å². The third-order valence-electron chi connectivity index (χ3n) is 3.50. The second-order valence-electron chi connectivity index (χ2n) is 5.13. The minimum absolute atomic E-state index is 0.230. The van der Waals surface area contributed by atoms with Crippen LogP contribution in [0.3, 0.4) is 0 Å². The van der Waals surface area contributed by atoms with Crippen molar-refractivity contribution in [1.82, 2.24) is 5.32 Å². The molecule has 0 amide bonds. The Hall–Kier alpha value is -1.23. The maximum atomic E-state index is 12.3. The Morgan fingerprint density at radius 1 is 1.35 bits per heavy atom. The molecule has 1 atom stereocenters. The van der Waals surface area contributed by atoms with Crippen LogP contribution in [-0.4, -0.2) is 19.3 Å². The molecule has 112 valence electrons. The van der Waals surface area contributed by atoms with Crippen molar-refractivity contribution in [2.75, 3.05) is 13.2 Å². The van der Waals surface area contributed by atoms with Gasteiger partial charge in [-0.2, -0.15) is 13.2 Å². The molecule has 0 fully saturated rings. The van der Waals surface area contributed by atoms with Crippen molar-refractivity contribution in [3.8, 4) is 5.75 Å². The Labute approximate surface area is 117 Å². The summed E-state index contributed by atoms with van der Waals surface area (Å²) in [6, 6.07) is 5.62. The van der Waals surface area contributed by atoms with Crippen LogP contribution in [0, 0.1) is 0 Å². The SMILES string of the molecule is CCCNC1CCCc2c(OCC(F)(F)F)cccc21. The Bertz CT molecular complexity index is 445. The lowest BCUT2D eigenvalue weighted by molar-refractivity contribution is -0.153. The van der Waals surface area contributed by atoms with E-state index in [0.29, 0.717) is 5.75 Å². The van der Waals surface area contributed by atoms with Crippen LogP contribution in [0.4, 0.5) is 13.2 Å². The van der Waals surface area contributed by atoms with Crippen LogP contribution in [-0.2, 0) is 6.42 Å². The normalized spacial score (nSPS) is 18.7. The molecule has 1 aromatic rings. The summed E-state index contributed by atoms with van der Waals surface area (Å²) >= 11 is 0. The van der Waals surface area contributed by atoms with Crippen LogP contribution in [0.1, 0.15) is 43.4 Å². The largest absolute Gasteiger partial charge is 0.484 e. The number of ether oxygens (including phenoxy) is 1. The molecule has 0 aromatic heterocycles. The zero-order valence-corrected chi connectivity index (χ0v) is 11.6. The second kappa shape index (κ2) is 6.48. The lowest BCUT2D eigenvalue weighted by Crippen LogP contribution is -2.26. The number of alkyl halides is 3. The minimum atomic E-state index is -4.29. The molecule has 0 radical (unpaired) electrons. The average Bonchev–Trinajstić information content (AvgIpc) is 2.42. The molecule has 0 heterocycles. The Balaban J connectivity index is 2.15. The first-order valence-electron chi connectivity index (χ1n) is 7.06. The topological polar surface area (TPSA) is 21.3 Å². The number of rotatable bonds is 5. The fraction of sp³-hybridized carbons (Fsp3) is 0.600. The van der Waals surface area contributed by atoms with Crippen molar-refractivity contribution < 1.29 is 17.9 Å². The molecule has 0 saturated heterocycles. The van der Waals surface area contributed by atoms with E-state index in [-0.39, 0.29) is 6.04 Å². The van der Waals surface area contributed by atoms with Gasteiger partial charge in [0.1, 0.15) is 5.75 Å². The Morgan fingerprint density at radius 3 is 2.85 bits per heavy atom. The van der Waals surface area contributed by atoms with E-state index in [1.54, 1.807) is 12.1 Å². The van der Waals surface area contributed by atoms with E-state index in [4.69, 9.17) is 4.74 Å². The summed E-state index contributed by atoms with van der Waals surface area (Å²) in [5.41, 5.74) is 2.01. The summed E-state index contributed by atoms with van der Waals surface area (Å²) in [6.07, 6.45) is -0.475. The van der Waals surface area contributed by atoms with Crippen LogP contribution in [0.2, 0.25) is 0 Å². The quantitative estimate of drug-likeness (QED) is 0.883. The molecular weight excluding hydrogens is 267 g/mol. The van der Waals surface area contributed by atoms with Gasteiger partial charge in [0.2, 0.25) is 0 Å². The van der Waals surface area contributed by atoms with E-state index in [2.05, 4.69) is 12.2 Å². The molecule has 1 aliphatic carbocycles. The smallest absolute Gasteiger partial charge is 0.422 e. The first-order valence-corrected chi connectivity index (χ1v) is 7.06. The number of nitrogens with one attached hydrogen (secondary N) is 1. The van der Waals surface area contributed by atoms with Crippen LogP contribution in [0.15, 0.2) is 18.2 Å². The van der Waals surface area contributed by atoms with Crippen molar-refractivity contribution in [2.24, 2.45) is 0 Å². The van der Waals surface area contributed by atoms with Gasteiger partial charge in [-0.15, -0.1) is 0 Å². The molecular formula is C15H20F3NO. The summed E-state index contributed by atoms with van der Waals surface area (Å²) in [5.74, 6) is 0.378. The first kappa shape index (κ1) is 15.2. The standard InChI is InChI=1S/C15H20F3NO/c1-2-9-19-13-7-3-6-12-11(13)5-4-8-14(12)20-10-15(16,17)18/h4-5,8,13,19H,2-3,6-7,9-10H2,1H3. The molecule has 0 bridgehead atoms. The molecule has 1 aromatic carbocycles. The van der Waals surface area contributed by atoms with Gasteiger partial charge in [0.05, 0.1) is 0 Å². The predicted molar refractivity (Wildman–Crippen MR) is 72.0 cm³/mol. The van der Waals surface area contributed by atoms with E-state index in [9.17, 15) is 13.2 Å². The average molecular weight is 287 g/mol. The fourth-order valence-electron chi connectivity index (χ4n) is 2.64. The highest BCUT2D eigenvalue weighted by Gasteiger charge is 2.30. The highest BCUT2D eigenvalue weighted by molar-refractivity contribution is 5.43. The molecule has 0 saturated carbocycles. The van der Waals surface area contributed by atoms with E-state index < -0.39 is 12.8 Å². The first-order chi connectivity index (χ1) is 9.51. The van der Waals surface area contributed by atoms with Gasteiger partial charge in [0, 0.05) is 6.04 Å². The van der Waals surface area contributed by atoms with Gasteiger partial charge in [-0.1, -0.05) is 19.1 Å². The van der Waals surface area contributed by atoms with Gasteiger partial charge >= 0.3 is 6.18 Å². The van der Waals surface area contributed by atoms with E-state index in [1.165, 1.54) is 0 Å². The molecule has 5 heteroatoms. The van der Waals surface area contributed by atoms with Crippen LogP contribution < -0.4 is 10.1 Å². The zero-order chi connectivity index (χ0) is 14.6. The molecule has 0 aliphatic heterocycles. The van der Waals surface area contributed by atoms with Crippen LogP contribution in [0.25, 0.3) is 0 Å². The summed E-state index contributed by atoms with van der Waals surface area (Å²) in [5, 5.41) is 3.45. The van der Waals surface area contributed by atoms with Crippen LogP contribution in [0.5, 0.6) is 5.75 Å². The van der Waals surface area contributed by atoms with E-state index in [0.717, 1.165) is 43.4 Å². The molecule has 2 nitrogen and oxygen atoms in total. The third-order valence-corrected chi connectivity index (χ3v) is 3.50. The molecule has 1 N–H and O–H groups in total. The van der Waals surface area contributed by atoms with Gasteiger partial charge in [-0.3, -0.25) is 0 Å². The van der Waals surface area contributed by atoms with Crippen molar-refractivity contribution in [3.63, 3.8) is 0 Å². The summed E-state index contributed by atoms with van der Waals surface area (Å²) in [7, 11) is 0. The Morgan fingerprint density at radius 2 is 2.15 bits per heavy atom. The maximum Gasteiger partial charge on any atom is 0.422 e. The minimum Gasteiger partial charge on any atom is -0.484 e. The number of hydrogen-bond donors (Lipinski definition) is 1. The second-order valence-corrected chi connectivity index (χ2v) is 5.13. The van der Waals surface area contributed by atoms with Gasteiger partial charge in [-0.05, 0) is 49.4 Å². The van der Waals surface area contributed by atoms with E-state index >= 15 is 0 Å². The Kier molecular flexibility index (Phi) is 4.91.